The van der Waals surface area contributed by atoms with E-state index in [2.05, 4.69) is 15.4 Å². The second kappa shape index (κ2) is 8.96. The molecule has 0 saturated carbocycles. The van der Waals surface area contributed by atoms with Crippen molar-refractivity contribution in [3.8, 4) is 5.75 Å². The number of hydrogen-bond acceptors (Lipinski definition) is 3. The van der Waals surface area contributed by atoms with Crippen LogP contribution in [0.5, 0.6) is 5.75 Å². The molecule has 0 atom stereocenters. The van der Waals surface area contributed by atoms with E-state index in [1.165, 1.54) is 31.2 Å². The van der Waals surface area contributed by atoms with Gasteiger partial charge in [-0.05, 0) is 42.0 Å². The molecule has 0 saturated heterocycles. The Morgan fingerprint density at radius 2 is 1.73 bits per heavy atom. The lowest BCUT2D eigenvalue weighted by Crippen LogP contribution is -2.08. The van der Waals surface area contributed by atoms with Crippen LogP contribution in [0.1, 0.15) is 12.5 Å². The van der Waals surface area contributed by atoms with Gasteiger partial charge >= 0.3 is 6.61 Å². The number of carbonyl (C=O) groups excluding carboxylic acids is 2. The summed E-state index contributed by atoms with van der Waals surface area (Å²) in [4.78, 5) is 22.9. The lowest BCUT2D eigenvalue weighted by atomic mass is 10.2. The van der Waals surface area contributed by atoms with Gasteiger partial charge in [0.2, 0.25) is 11.8 Å². The molecule has 0 bridgehead atoms. The number of ether oxygens (including phenoxy) is 1. The summed E-state index contributed by atoms with van der Waals surface area (Å²) in [5.74, 6) is -0.764. The molecule has 0 fully saturated rings. The Kier molecular flexibility index (Phi) is 6.68. The Balaban J connectivity index is 1.96. The van der Waals surface area contributed by atoms with Crippen molar-refractivity contribution in [1.29, 1.82) is 0 Å². The van der Waals surface area contributed by atoms with Gasteiger partial charge in [-0.25, -0.2) is 0 Å². The third kappa shape index (κ3) is 6.18. The summed E-state index contributed by atoms with van der Waals surface area (Å²) in [5, 5.41) is 5.16. The molecule has 2 amide bonds. The largest absolute Gasteiger partial charge is 0.433 e. The van der Waals surface area contributed by atoms with Crippen LogP contribution < -0.4 is 15.4 Å². The second-order valence-corrected chi connectivity index (χ2v) is 5.56. The fourth-order valence-electron chi connectivity index (χ4n) is 2.01. The predicted octanol–water partition coefficient (Wildman–Crippen LogP) is 4.55. The molecule has 0 aliphatic rings. The molecule has 5 nitrogen and oxygen atoms in total. The van der Waals surface area contributed by atoms with Gasteiger partial charge in [0.05, 0.1) is 5.02 Å². The highest BCUT2D eigenvalue weighted by atomic mass is 35.5. The molecule has 26 heavy (non-hydrogen) atoms. The minimum atomic E-state index is -2.98. The van der Waals surface area contributed by atoms with Crippen LogP contribution in [0.15, 0.2) is 48.5 Å². The average Bonchev–Trinajstić information content (AvgIpc) is 2.56. The summed E-state index contributed by atoms with van der Waals surface area (Å²) in [6, 6.07) is 10.9. The first kappa shape index (κ1) is 19.4. The summed E-state index contributed by atoms with van der Waals surface area (Å²) >= 11 is 5.82. The molecule has 0 unspecified atom stereocenters. The molecule has 0 heterocycles. The SMILES string of the molecule is CC(=O)Nc1ccc(/C=C/C(=O)Nc2ccc(OC(F)F)c(Cl)c2)cc1. The van der Waals surface area contributed by atoms with Crippen molar-refractivity contribution < 1.29 is 23.1 Å². The monoisotopic (exact) mass is 380 g/mol. The zero-order valence-corrected chi connectivity index (χ0v) is 14.4. The predicted molar refractivity (Wildman–Crippen MR) is 96.5 cm³/mol. The van der Waals surface area contributed by atoms with Gasteiger partial charge in [0, 0.05) is 24.4 Å². The van der Waals surface area contributed by atoms with Crippen LogP contribution in [-0.4, -0.2) is 18.4 Å². The lowest BCUT2D eigenvalue weighted by Gasteiger charge is -2.08. The number of alkyl halides is 2. The molecule has 0 radical (unpaired) electrons. The standard InChI is InChI=1S/C18H15ClF2N2O3/c1-11(24)22-13-5-2-12(3-6-13)4-9-17(25)23-14-7-8-16(15(19)10-14)26-18(20)21/h2-10,18H,1H3,(H,22,24)(H,23,25)/b9-4+. The molecule has 0 spiro atoms. The minimum Gasteiger partial charge on any atom is -0.433 e. The van der Waals surface area contributed by atoms with Gasteiger partial charge < -0.3 is 15.4 Å². The van der Waals surface area contributed by atoms with Gasteiger partial charge in [0.15, 0.2) is 0 Å². The van der Waals surface area contributed by atoms with E-state index in [-0.39, 0.29) is 16.7 Å². The van der Waals surface area contributed by atoms with Gasteiger partial charge in [0.1, 0.15) is 5.75 Å². The number of halogens is 3. The maximum Gasteiger partial charge on any atom is 0.387 e. The van der Waals surface area contributed by atoms with E-state index in [4.69, 9.17) is 11.6 Å². The zero-order chi connectivity index (χ0) is 19.1. The van der Waals surface area contributed by atoms with Gasteiger partial charge in [-0.2, -0.15) is 8.78 Å². The maximum absolute atomic E-state index is 12.2. The molecule has 2 N–H and O–H groups in total. The summed E-state index contributed by atoms with van der Waals surface area (Å²) in [6.45, 7) is -1.57. The number of nitrogens with one attached hydrogen (secondary N) is 2. The van der Waals surface area contributed by atoms with Gasteiger partial charge in [-0.3, -0.25) is 9.59 Å². The quantitative estimate of drug-likeness (QED) is 0.722. The Morgan fingerprint density at radius 1 is 1.08 bits per heavy atom. The molecule has 8 heteroatoms. The molecule has 2 rings (SSSR count). The molecule has 2 aromatic carbocycles. The van der Waals surface area contributed by atoms with Crippen molar-refractivity contribution in [1.82, 2.24) is 0 Å². The highest BCUT2D eigenvalue weighted by Gasteiger charge is 2.09. The van der Waals surface area contributed by atoms with Crippen LogP contribution in [0.3, 0.4) is 0 Å². The number of anilines is 2. The van der Waals surface area contributed by atoms with E-state index in [0.29, 0.717) is 11.4 Å². The van der Waals surface area contributed by atoms with Gasteiger partial charge in [0.25, 0.3) is 0 Å². The average molecular weight is 381 g/mol. The number of carbonyl (C=O) groups is 2. The first-order valence-corrected chi connectivity index (χ1v) is 7.82. The first-order chi connectivity index (χ1) is 12.3. The van der Waals surface area contributed by atoms with Crippen molar-refractivity contribution in [2.75, 3.05) is 10.6 Å². The van der Waals surface area contributed by atoms with Crippen molar-refractivity contribution in [2.24, 2.45) is 0 Å². The Hall–Kier alpha value is -2.93. The fraction of sp³-hybridized carbons (Fsp3) is 0.111. The Labute approximate surface area is 153 Å². The lowest BCUT2D eigenvalue weighted by molar-refractivity contribution is -0.114. The summed E-state index contributed by atoms with van der Waals surface area (Å²) < 4.78 is 28.6. The van der Waals surface area contributed by atoms with E-state index in [1.807, 2.05) is 0 Å². The highest BCUT2D eigenvalue weighted by Crippen LogP contribution is 2.28. The van der Waals surface area contributed by atoms with Crippen LogP contribution in [0.4, 0.5) is 20.2 Å². The number of amides is 2. The third-order valence-electron chi connectivity index (χ3n) is 3.07. The van der Waals surface area contributed by atoms with Crippen molar-refractivity contribution in [2.45, 2.75) is 13.5 Å². The molecule has 0 aliphatic carbocycles. The van der Waals surface area contributed by atoms with Crippen molar-refractivity contribution in [3.63, 3.8) is 0 Å². The topological polar surface area (TPSA) is 67.4 Å². The third-order valence-corrected chi connectivity index (χ3v) is 3.37. The molecule has 0 aliphatic heterocycles. The number of benzene rings is 2. The Bertz CT molecular complexity index is 824. The van der Waals surface area contributed by atoms with Crippen LogP contribution in [0.25, 0.3) is 6.08 Å². The molecular formula is C18H15ClF2N2O3. The second-order valence-electron chi connectivity index (χ2n) is 5.15. The summed E-state index contributed by atoms with van der Waals surface area (Å²) in [6.07, 6.45) is 2.90. The first-order valence-electron chi connectivity index (χ1n) is 7.44. The number of rotatable bonds is 6. The minimum absolute atomic E-state index is 0.0411. The Morgan fingerprint density at radius 3 is 2.31 bits per heavy atom. The molecule has 2 aromatic rings. The van der Waals surface area contributed by atoms with Crippen LogP contribution in [0.2, 0.25) is 5.02 Å². The maximum atomic E-state index is 12.2. The van der Waals surface area contributed by atoms with Crippen LogP contribution in [-0.2, 0) is 9.59 Å². The van der Waals surface area contributed by atoms with Gasteiger partial charge in [-0.1, -0.05) is 23.7 Å². The van der Waals surface area contributed by atoms with Crippen LogP contribution >= 0.6 is 11.6 Å². The van der Waals surface area contributed by atoms with Crippen molar-refractivity contribution >= 4 is 40.9 Å². The highest BCUT2D eigenvalue weighted by molar-refractivity contribution is 6.32. The molecule has 136 valence electrons. The van der Waals surface area contributed by atoms with Crippen molar-refractivity contribution in [3.05, 3.63) is 59.1 Å². The van der Waals surface area contributed by atoms with E-state index in [9.17, 15) is 18.4 Å². The number of hydrogen-bond donors (Lipinski definition) is 2. The zero-order valence-electron chi connectivity index (χ0n) is 13.6. The van der Waals surface area contributed by atoms with Gasteiger partial charge in [-0.15, -0.1) is 0 Å². The smallest absolute Gasteiger partial charge is 0.387 e. The fourth-order valence-corrected chi connectivity index (χ4v) is 2.23. The summed E-state index contributed by atoms with van der Waals surface area (Å²) in [7, 11) is 0. The molecule has 0 aromatic heterocycles. The summed E-state index contributed by atoms with van der Waals surface area (Å²) in [5.41, 5.74) is 1.75. The normalized spacial score (nSPS) is 10.8. The van der Waals surface area contributed by atoms with E-state index < -0.39 is 12.5 Å². The van der Waals surface area contributed by atoms with E-state index in [0.717, 1.165) is 5.56 Å². The molecular weight excluding hydrogens is 366 g/mol. The van der Waals surface area contributed by atoms with Crippen LogP contribution in [0, 0.1) is 0 Å². The van der Waals surface area contributed by atoms with E-state index in [1.54, 1.807) is 30.3 Å². The van der Waals surface area contributed by atoms with E-state index >= 15 is 0 Å².